The average molecular weight is 321 g/mol. The van der Waals surface area contributed by atoms with Crippen LogP contribution >= 0.6 is 0 Å². The van der Waals surface area contributed by atoms with E-state index >= 15 is 0 Å². The lowest BCUT2D eigenvalue weighted by molar-refractivity contribution is 0.590. The number of pyridine rings is 1. The second-order valence-corrected chi connectivity index (χ2v) is 6.30. The van der Waals surface area contributed by atoms with Gasteiger partial charge in [0.1, 0.15) is 0 Å². The van der Waals surface area contributed by atoms with Gasteiger partial charge in [-0.3, -0.25) is 0 Å². The number of hydrogen-bond acceptors (Lipinski definition) is 4. The van der Waals surface area contributed by atoms with Gasteiger partial charge in [-0.05, 0) is 39.8 Å². The summed E-state index contributed by atoms with van der Waals surface area (Å²) in [7, 11) is 0. The highest BCUT2D eigenvalue weighted by atomic mass is 15.5. The first-order valence-corrected chi connectivity index (χ1v) is 8.30. The SMILES string of the molecule is CC(C)N(c1nc(-c2ccccc2)n(-c2ccccn2)n1)C(C)C. The molecule has 2 aromatic heterocycles. The molecule has 0 N–H and O–H groups in total. The third-order valence-corrected chi connectivity index (χ3v) is 3.84. The fourth-order valence-corrected chi connectivity index (χ4v) is 2.88. The van der Waals surface area contributed by atoms with Gasteiger partial charge >= 0.3 is 0 Å². The van der Waals surface area contributed by atoms with E-state index in [2.05, 4.69) is 37.6 Å². The summed E-state index contributed by atoms with van der Waals surface area (Å²) < 4.78 is 1.82. The normalized spacial score (nSPS) is 11.2. The van der Waals surface area contributed by atoms with Crippen LogP contribution in [-0.4, -0.2) is 31.8 Å². The van der Waals surface area contributed by atoms with E-state index in [1.54, 1.807) is 6.20 Å². The van der Waals surface area contributed by atoms with Crippen molar-refractivity contribution in [2.45, 2.75) is 39.8 Å². The molecule has 0 amide bonds. The highest BCUT2D eigenvalue weighted by Crippen LogP contribution is 2.25. The molecule has 124 valence electrons. The lowest BCUT2D eigenvalue weighted by atomic mass is 10.2. The molecule has 1 aromatic carbocycles. The van der Waals surface area contributed by atoms with E-state index in [1.165, 1.54) is 0 Å². The average Bonchev–Trinajstić information content (AvgIpc) is 3.00. The largest absolute Gasteiger partial charge is 0.335 e. The molecule has 24 heavy (non-hydrogen) atoms. The molecule has 0 saturated heterocycles. The van der Waals surface area contributed by atoms with E-state index in [0.717, 1.165) is 23.2 Å². The van der Waals surface area contributed by atoms with E-state index in [9.17, 15) is 0 Å². The number of anilines is 1. The molecule has 0 atom stereocenters. The van der Waals surface area contributed by atoms with Crippen molar-refractivity contribution in [2.24, 2.45) is 0 Å². The summed E-state index contributed by atoms with van der Waals surface area (Å²) in [5.41, 5.74) is 1.02. The van der Waals surface area contributed by atoms with Crippen molar-refractivity contribution in [1.29, 1.82) is 0 Å². The van der Waals surface area contributed by atoms with Crippen LogP contribution in [0, 0.1) is 0 Å². The number of benzene rings is 1. The van der Waals surface area contributed by atoms with Crippen LogP contribution < -0.4 is 4.90 Å². The van der Waals surface area contributed by atoms with Gasteiger partial charge in [-0.15, -0.1) is 5.10 Å². The first-order chi connectivity index (χ1) is 11.6. The Morgan fingerprint density at radius 3 is 2.12 bits per heavy atom. The number of rotatable bonds is 5. The Balaban J connectivity index is 2.16. The van der Waals surface area contributed by atoms with Crippen LogP contribution in [0.3, 0.4) is 0 Å². The van der Waals surface area contributed by atoms with Gasteiger partial charge in [-0.2, -0.15) is 9.67 Å². The van der Waals surface area contributed by atoms with Gasteiger partial charge in [0.25, 0.3) is 0 Å². The third-order valence-electron chi connectivity index (χ3n) is 3.84. The summed E-state index contributed by atoms with van der Waals surface area (Å²) in [6, 6.07) is 16.5. The van der Waals surface area contributed by atoms with Crippen molar-refractivity contribution in [3.8, 4) is 17.2 Å². The van der Waals surface area contributed by atoms with Crippen LogP contribution in [0.5, 0.6) is 0 Å². The molecule has 0 aliphatic rings. The van der Waals surface area contributed by atoms with Crippen LogP contribution in [0.2, 0.25) is 0 Å². The van der Waals surface area contributed by atoms with Gasteiger partial charge in [0.2, 0.25) is 5.95 Å². The Hall–Kier alpha value is -2.69. The van der Waals surface area contributed by atoms with Gasteiger partial charge < -0.3 is 4.90 Å². The molecule has 5 nitrogen and oxygen atoms in total. The monoisotopic (exact) mass is 321 g/mol. The standard InChI is InChI=1S/C19H23N5/c1-14(2)23(15(3)4)19-21-18(16-10-6-5-7-11-16)24(22-19)17-12-8-9-13-20-17/h5-15H,1-4H3. The van der Waals surface area contributed by atoms with Gasteiger partial charge in [0.15, 0.2) is 11.6 Å². The third kappa shape index (κ3) is 3.15. The number of hydrogen-bond donors (Lipinski definition) is 0. The summed E-state index contributed by atoms with van der Waals surface area (Å²) in [5, 5.41) is 4.77. The predicted octanol–water partition coefficient (Wildman–Crippen LogP) is 3.95. The van der Waals surface area contributed by atoms with Crippen LogP contribution in [0.4, 0.5) is 5.95 Å². The van der Waals surface area contributed by atoms with Crippen molar-refractivity contribution in [2.75, 3.05) is 4.90 Å². The minimum Gasteiger partial charge on any atom is -0.335 e. The van der Waals surface area contributed by atoms with Crippen molar-refractivity contribution < 1.29 is 0 Å². The minimum atomic E-state index is 0.313. The molecule has 0 fully saturated rings. The summed E-state index contributed by atoms with van der Waals surface area (Å²) in [5.74, 6) is 2.29. The summed E-state index contributed by atoms with van der Waals surface area (Å²) >= 11 is 0. The topological polar surface area (TPSA) is 46.8 Å². The molecule has 0 saturated carbocycles. The van der Waals surface area contributed by atoms with Crippen LogP contribution in [0.25, 0.3) is 17.2 Å². The highest BCUT2D eigenvalue weighted by Gasteiger charge is 2.22. The Bertz CT molecular complexity index is 713. The first-order valence-electron chi connectivity index (χ1n) is 8.30. The maximum Gasteiger partial charge on any atom is 0.246 e. The molecule has 3 rings (SSSR count). The zero-order chi connectivity index (χ0) is 17.1. The highest BCUT2D eigenvalue weighted by molar-refractivity contribution is 5.59. The quantitative estimate of drug-likeness (QED) is 0.714. The number of aromatic nitrogens is 4. The van der Waals surface area contributed by atoms with Gasteiger partial charge in [-0.1, -0.05) is 36.4 Å². The minimum absolute atomic E-state index is 0.313. The molecule has 0 aliphatic carbocycles. The predicted molar refractivity (Wildman–Crippen MR) is 97.3 cm³/mol. The maximum atomic E-state index is 4.84. The lowest BCUT2D eigenvalue weighted by Crippen LogP contribution is -2.37. The summed E-state index contributed by atoms with van der Waals surface area (Å²) in [6.45, 7) is 8.63. The van der Waals surface area contributed by atoms with Crippen molar-refractivity contribution in [3.05, 3.63) is 54.7 Å². The van der Waals surface area contributed by atoms with Crippen LogP contribution in [-0.2, 0) is 0 Å². The first kappa shape index (κ1) is 16.2. The Kier molecular flexibility index (Phi) is 4.60. The summed E-state index contributed by atoms with van der Waals surface area (Å²) in [6.07, 6.45) is 1.77. The van der Waals surface area contributed by atoms with Gasteiger partial charge in [0, 0.05) is 23.8 Å². The molecule has 0 unspecified atom stereocenters. The Labute approximate surface area is 143 Å². The fourth-order valence-electron chi connectivity index (χ4n) is 2.88. The molecule has 0 spiro atoms. The van der Waals surface area contributed by atoms with E-state index in [-0.39, 0.29) is 0 Å². The van der Waals surface area contributed by atoms with Gasteiger partial charge in [-0.25, -0.2) is 4.98 Å². The molecule has 0 radical (unpaired) electrons. The molecular formula is C19H23N5. The maximum absolute atomic E-state index is 4.84. The van der Waals surface area contributed by atoms with E-state index in [4.69, 9.17) is 10.1 Å². The van der Waals surface area contributed by atoms with Crippen molar-refractivity contribution in [1.82, 2.24) is 19.7 Å². The van der Waals surface area contributed by atoms with Crippen LogP contribution in [0.1, 0.15) is 27.7 Å². The molecule has 5 heteroatoms. The zero-order valence-corrected chi connectivity index (χ0v) is 14.6. The summed E-state index contributed by atoms with van der Waals surface area (Å²) in [4.78, 5) is 11.5. The zero-order valence-electron chi connectivity index (χ0n) is 14.6. The van der Waals surface area contributed by atoms with Gasteiger partial charge in [0.05, 0.1) is 0 Å². The fraction of sp³-hybridized carbons (Fsp3) is 0.316. The van der Waals surface area contributed by atoms with E-state index < -0.39 is 0 Å². The Morgan fingerprint density at radius 2 is 1.54 bits per heavy atom. The van der Waals surface area contributed by atoms with Crippen molar-refractivity contribution >= 4 is 5.95 Å². The molecule has 2 heterocycles. The molecule has 0 bridgehead atoms. The molecule has 0 aliphatic heterocycles. The second-order valence-electron chi connectivity index (χ2n) is 6.30. The second kappa shape index (κ2) is 6.83. The molecular weight excluding hydrogens is 298 g/mol. The van der Waals surface area contributed by atoms with Crippen LogP contribution in [0.15, 0.2) is 54.7 Å². The lowest BCUT2D eigenvalue weighted by Gasteiger charge is -2.29. The van der Waals surface area contributed by atoms with E-state index in [1.807, 2.05) is 53.2 Å². The van der Waals surface area contributed by atoms with Crippen molar-refractivity contribution in [3.63, 3.8) is 0 Å². The van der Waals surface area contributed by atoms with E-state index in [0.29, 0.717) is 12.1 Å². The smallest absolute Gasteiger partial charge is 0.246 e. The Morgan fingerprint density at radius 1 is 0.875 bits per heavy atom. The molecule has 3 aromatic rings. The number of nitrogens with zero attached hydrogens (tertiary/aromatic N) is 5.